The van der Waals surface area contributed by atoms with E-state index in [4.69, 9.17) is 0 Å². The Hall–Kier alpha value is -3.02. The summed E-state index contributed by atoms with van der Waals surface area (Å²) in [6, 6.07) is 12.9. The van der Waals surface area contributed by atoms with Crippen molar-refractivity contribution in [3.8, 4) is 0 Å². The summed E-state index contributed by atoms with van der Waals surface area (Å²) in [5.41, 5.74) is 2.76. The molecule has 1 aliphatic heterocycles. The molecule has 6 heteroatoms. The van der Waals surface area contributed by atoms with E-state index in [-0.39, 0.29) is 17.0 Å². The normalized spacial score (nSPS) is 17.9. The molecule has 0 aliphatic carbocycles. The van der Waals surface area contributed by atoms with E-state index in [1.165, 1.54) is 0 Å². The Morgan fingerprint density at radius 3 is 2.50 bits per heavy atom. The van der Waals surface area contributed by atoms with E-state index in [2.05, 4.69) is 24.5 Å². The van der Waals surface area contributed by atoms with E-state index in [0.29, 0.717) is 0 Å². The van der Waals surface area contributed by atoms with E-state index >= 15 is 0 Å². The molecular weight excluding hydrogens is 356 g/mol. The molecule has 0 bridgehead atoms. The Balaban J connectivity index is 1.92. The third-order valence-corrected chi connectivity index (χ3v) is 5.29. The number of carboxylic acid groups (broad SMARTS) is 2. The van der Waals surface area contributed by atoms with Crippen molar-refractivity contribution in [3.63, 3.8) is 0 Å². The number of carboxylic acids is 2. The number of anilines is 2. The molecule has 3 rings (SSSR count). The van der Waals surface area contributed by atoms with Crippen molar-refractivity contribution in [2.45, 2.75) is 45.7 Å². The van der Waals surface area contributed by atoms with E-state index < -0.39 is 17.5 Å². The van der Waals surface area contributed by atoms with Crippen LogP contribution in [-0.4, -0.2) is 27.7 Å². The van der Waals surface area contributed by atoms with E-state index in [1.807, 2.05) is 30.3 Å². The zero-order chi connectivity index (χ0) is 20.7. The molecule has 0 spiro atoms. The van der Waals surface area contributed by atoms with Crippen LogP contribution in [0.1, 0.15) is 55.2 Å². The van der Waals surface area contributed by atoms with Crippen molar-refractivity contribution in [3.05, 3.63) is 59.2 Å². The Kier molecular flexibility index (Phi) is 4.83. The van der Waals surface area contributed by atoms with Crippen LogP contribution in [0.2, 0.25) is 0 Å². The molecule has 0 saturated carbocycles. The lowest BCUT2D eigenvalue weighted by molar-refractivity contribution is -0.141. The number of carbonyl (C=O) groups is 2. The van der Waals surface area contributed by atoms with Crippen LogP contribution in [-0.2, 0) is 11.2 Å². The molecule has 0 aromatic heterocycles. The van der Waals surface area contributed by atoms with Gasteiger partial charge in [0, 0.05) is 11.4 Å². The SMILES string of the molecule is CC(C)(Nc1cccc(C2Nc3ccc(C(=O)O)cc3CC2(C)C)c1)C(=O)O. The Morgan fingerprint density at radius 2 is 1.86 bits per heavy atom. The first kappa shape index (κ1) is 19.7. The summed E-state index contributed by atoms with van der Waals surface area (Å²) in [5.74, 6) is -1.85. The van der Waals surface area contributed by atoms with Crippen LogP contribution in [0.4, 0.5) is 11.4 Å². The van der Waals surface area contributed by atoms with Crippen LogP contribution in [0.15, 0.2) is 42.5 Å². The Bertz CT molecular complexity index is 934. The quantitative estimate of drug-likeness (QED) is 0.612. The number of benzene rings is 2. The Morgan fingerprint density at radius 1 is 1.14 bits per heavy atom. The highest BCUT2D eigenvalue weighted by atomic mass is 16.4. The number of nitrogens with one attached hydrogen (secondary N) is 2. The summed E-state index contributed by atoms with van der Waals surface area (Å²) in [5, 5.41) is 25.2. The lowest BCUT2D eigenvalue weighted by Crippen LogP contribution is -2.40. The van der Waals surface area contributed by atoms with E-state index in [9.17, 15) is 19.8 Å². The fraction of sp³-hybridized carbons (Fsp3) is 0.364. The topological polar surface area (TPSA) is 98.7 Å². The van der Waals surface area contributed by atoms with Crippen molar-refractivity contribution >= 4 is 23.3 Å². The third-order valence-electron chi connectivity index (χ3n) is 5.29. The molecule has 1 heterocycles. The predicted octanol–water partition coefficient (Wildman–Crippen LogP) is 4.40. The molecule has 6 nitrogen and oxygen atoms in total. The molecule has 0 amide bonds. The molecule has 2 aromatic rings. The number of aliphatic carboxylic acids is 1. The minimum absolute atomic E-state index is 0.00497. The minimum Gasteiger partial charge on any atom is -0.480 e. The average Bonchev–Trinajstić information content (AvgIpc) is 2.59. The van der Waals surface area contributed by atoms with Crippen LogP contribution >= 0.6 is 0 Å². The molecule has 148 valence electrons. The second-order valence-electron chi connectivity index (χ2n) is 8.60. The first-order valence-electron chi connectivity index (χ1n) is 9.24. The molecule has 0 fully saturated rings. The maximum atomic E-state index is 11.4. The lowest BCUT2D eigenvalue weighted by atomic mass is 9.72. The summed E-state index contributed by atoms with van der Waals surface area (Å²) < 4.78 is 0. The average molecular weight is 382 g/mol. The van der Waals surface area contributed by atoms with Crippen molar-refractivity contribution in [1.29, 1.82) is 0 Å². The van der Waals surface area contributed by atoms with Crippen LogP contribution < -0.4 is 10.6 Å². The zero-order valence-corrected chi connectivity index (χ0v) is 16.5. The van der Waals surface area contributed by atoms with Crippen molar-refractivity contribution < 1.29 is 19.8 Å². The maximum absolute atomic E-state index is 11.4. The molecule has 2 aromatic carbocycles. The highest BCUT2D eigenvalue weighted by Crippen LogP contribution is 2.45. The highest BCUT2D eigenvalue weighted by molar-refractivity contribution is 5.88. The van der Waals surface area contributed by atoms with Gasteiger partial charge < -0.3 is 20.8 Å². The van der Waals surface area contributed by atoms with Gasteiger partial charge in [-0.3, -0.25) is 0 Å². The van der Waals surface area contributed by atoms with Gasteiger partial charge in [-0.2, -0.15) is 0 Å². The molecule has 4 N–H and O–H groups in total. The Labute approximate surface area is 164 Å². The van der Waals surface area contributed by atoms with E-state index in [1.54, 1.807) is 26.0 Å². The summed E-state index contributed by atoms with van der Waals surface area (Å²) in [4.78, 5) is 22.7. The molecule has 0 saturated heterocycles. The summed E-state index contributed by atoms with van der Waals surface area (Å²) in [7, 11) is 0. The monoisotopic (exact) mass is 382 g/mol. The van der Waals surface area contributed by atoms with Crippen LogP contribution in [0.5, 0.6) is 0 Å². The lowest BCUT2D eigenvalue weighted by Gasteiger charge is -2.41. The van der Waals surface area contributed by atoms with Crippen LogP contribution in [0.3, 0.4) is 0 Å². The fourth-order valence-electron chi connectivity index (χ4n) is 3.70. The number of fused-ring (bicyclic) bond motifs is 1. The summed E-state index contributed by atoms with van der Waals surface area (Å²) >= 11 is 0. The first-order chi connectivity index (χ1) is 13.0. The standard InChI is InChI=1S/C22H26N2O4/c1-21(2)12-15-10-14(19(25)26)8-9-17(15)23-18(21)13-6-5-7-16(11-13)24-22(3,4)20(27)28/h5-11,18,23-24H,12H2,1-4H3,(H,25,26)(H,27,28). The van der Waals surface area contributed by atoms with Gasteiger partial charge in [-0.1, -0.05) is 26.0 Å². The van der Waals surface area contributed by atoms with Gasteiger partial charge in [0.25, 0.3) is 0 Å². The fourth-order valence-corrected chi connectivity index (χ4v) is 3.70. The first-order valence-corrected chi connectivity index (χ1v) is 9.24. The highest BCUT2D eigenvalue weighted by Gasteiger charge is 2.36. The van der Waals surface area contributed by atoms with Gasteiger partial charge in [0.15, 0.2) is 0 Å². The number of hydrogen-bond acceptors (Lipinski definition) is 4. The maximum Gasteiger partial charge on any atom is 0.335 e. The van der Waals surface area contributed by atoms with Gasteiger partial charge in [-0.25, -0.2) is 9.59 Å². The van der Waals surface area contributed by atoms with E-state index in [0.717, 1.165) is 28.9 Å². The molecule has 1 atom stereocenters. The largest absolute Gasteiger partial charge is 0.480 e. The number of aromatic carboxylic acids is 1. The number of hydrogen-bond donors (Lipinski definition) is 4. The van der Waals surface area contributed by atoms with Gasteiger partial charge in [-0.05, 0) is 67.1 Å². The summed E-state index contributed by atoms with van der Waals surface area (Å²) in [6.07, 6.45) is 0.736. The predicted molar refractivity (Wildman–Crippen MR) is 109 cm³/mol. The van der Waals surface area contributed by atoms with Gasteiger partial charge >= 0.3 is 11.9 Å². The van der Waals surface area contributed by atoms with Crippen LogP contribution in [0, 0.1) is 5.41 Å². The van der Waals surface area contributed by atoms with Gasteiger partial charge in [0.05, 0.1) is 11.6 Å². The zero-order valence-electron chi connectivity index (χ0n) is 16.5. The van der Waals surface area contributed by atoms with Crippen molar-refractivity contribution in [1.82, 2.24) is 0 Å². The second-order valence-corrected chi connectivity index (χ2v) is 8.60. The van der Waals surface area contributed by atoms with Crippen molar-refractivity contribution in [2.75, 3.05) is 10.6 Å². The molecule has 0 radical (unpaired) electrons. The van der Waals surface area contributed by atoms with Gasteiger partial charge in [-0.15, -0.1) is 0 Å². The summed E-state index contributed by atoms with van der Waals surface area (Å²) in [6.45, 7) is 7.53. The van der Waals surface area contributed by atoms with Gasteiger partial charge in [0.1, 0.15) is 5.54 Å². The third kappa shape index (κ3) is 3.81. The van der Waals surface area contributed by atoms with Gasteiger partial charge in [0.2, 0.25) is 0 Å². The minimum atomic E-state index is -1.08. The molecule has 1 aliphatic rings. The number of rotatable bonds is 5. The second kappa shape index (κ2) is 6.86. The van der Waals surface area contributed by atoms with Crippen molar-refractivity contribution in [2.24, 2.45) is 5.41 Å². The molecule has 1 unspecified atom stereocenters. The van der Waals surface area contributed by atoms with Crippen LogP contribution in [0.25, 0.3) is 0 Å². The smallest absolute Gasteiger partial charge is 0.335 e. The molecular formula is C22H26N2O4. The molecule has 28 heavy (non-hydrogen) atoms.